The number of anilines is 3. The van der Waals surface area contributed by atoms with Gasteiger partial charge in [-0.2, -0.15) is 0 Å². The van der Waals surface area contributed by atoms with Crippen LogP contribution in [0.2, 0.25) is 0 Å². The number of aromatic nitrogens is 2. The summed E-state index contributed by atoms with van der Waals surface area (Å²) in [5.41, 5.74) is 10.9. The first-order valence-electron chi connectivity index (χ1n) is 10.00. The summed E-state index contributed by atoms with van der Waals surface area (Å²) >= 11 is 0. The highest BCUT2D eigenvalue weighted by atomic mass is 16.5. The Morgan fingerprint density at radius 3 is 2.70 bits per heavy atom. The second-order valence-corrected chi connectivity index (χ2v) is 6.79. The Balaban J connectivity index is 1.63. The lowest BCUT2D eigenvalue weighted by molar-refractivity contribution is 0.0944. The second-order valence-electron chi connectivity index (χ2n) is 6.79. The third-order valence-electron chi connectivity index (χ3n) is 4.67. The topological polar surface area (TPSA) is 102 Å². The Hall–Kier alpha value is -3.45. The summed E-state index contributed by atoms with van der Waals surface area (Å²) in [6.45, 7) is 5.85. The predicted molar refractivity (Wildman–Crippen MR) is 120 cm³/mol. The molecule has 156 valence electrons. The average molecular weight is 406 g/mol. The SMILES string of the molecule is CCOCCCNC(=O)c1ccc(Nc2nccc(-c3cccc(N)c3C)n2)cc1. The molecule has 0 saturated heterocycles. The van der Waals surface area contributed by atoms with E-state index in [0.29, 0.717) is 31.3 Å². The van der Waals surface area contributed by atoms with Gasteiger partial charge in [0.2, 0.25) is 5.95 Å². The van der Waals surface area contributed by atoms with Gasteiger partial charge < -0.3 is 21.1 Å². The van der Waals surface area contributed by atoms with Gasteiger partial charge in [-0.25, -0.2) is 9.97 Å². The Kier molecular flexibility index (Phi) is 7.34. The van der Waals surface area contributed by atoms with Crippen LogP contribution in [0.3, 0.4) is 0 Å². The van der Waals surface area contributed by atoms with Crippen molar-refractivity contribution in [3.05, 3.63) is 65.9 Å². The maximum Gasteiger partial charge on any atom is 0.251 e. The van der Waals surface area contributed by atoms with E-state index in [1.54, 1.807) is 18.3 Å². The number of nitrogens with one attached hydrogen (secondary N) is 2. The van der Waals surface area contributed by atoms with Crippen molar-refractivity contribution in [3.63, 3.8) is 0 Å². The van der Waals surface area contributed by atoms with Gasteiger partial charge >= 0.3 is 0 Å². The van der Waals surface area contributed by atoms with Crippen molar-refractivity contribution in [1.82, 2.24) is 15.3 Å². The number of carbonyl (C=O) groups excluding carboxylic acids is 1. The zero-order valence-corrected chi connectivity index (χ0v) is 17.3. The van der Waals surface area contributed by atoms with Crippen molar-refractivity contribution in [3.8, 4) is 11.3 Å². The molecule has 0 atom stereocenters. The number of nitrogens with two attached hydrogens (primary N) is 1. The second kappa shape index (κ2) is 10.4. The molecule has 1 aromatic heterocycles. The molecule has 7 nitrogen and oxygen atoms in total. The molecule has 7 heteroatoms. The number of rotatable bonds is 9. The summed E-state index contributed by atoms with van der Waals surface area (Å²) in [5.74, 6) is 0.371. The van der Waals surface area contributed by atoms with E-state index in [1.165, 1.54) is 0 Å². The average Bonchev–Trinajstić information content (AvgIpc) is 2.76. The third-order valence-corrected chi connectivity index (χ3v) is 4.67. The molecular formula is C23H27N5O2. The fourth-order valence-corrected chi connectivity index (χ4v) is 2.96. The fourth-order valence-electron chi connectivity index (χ4n) is 2.96. The highest BCUT2D eigenvalue weighted by Crippen LogP contribution is 2.26. The molecule has 2 aromatic carbocycles. The van der Waals surface area contributed by atoms with Crippen LogP contribution in [-0.4, -0.2) is 35.6 Å². The molecule has 0 fully saturated rings. The molecule has 0 aliphatic rings. The summed E-state index contributed by atoms with van der Waals surface area (Å²) < 4.78 is 5.26. The quantitative estimate of drug-likeness (QED) is 0.368. The van der Waals surface area contributed by atoms with Gasteiger partial charge in [-0.1, -0.05) is 12.1 Å². The van der Waals surface area contributed by atoms with Gasteiger partial charge in [0.1, 0.15) is 0 Å². The van der Waals surface area contributed by atoms with Crippen LogP contribution < -0.4 is 16.4 Å². The number of ether oxygens (including phenoxy) is 1. The molecule has 1 heterocycles. The van der Waals surface area contributed by atoms with E-state index in [4.69, 9.17) is 10.5 Å². The molecule has 0 bridgehead atoms. The minimum absolute atomic E-state index is 0.103. The first-order valence-corrected chi connectivity index (χ1v) is 10.00. The van der Waals surface area contributed by atoms with Gasteiger partial charge in [0.05, 0.1) is 5.69 Å². The Bertz CT molecular complexity index is 989. The van der Waals surface area contributed by atoms with E-state index in [2.05, 4.69) is 20.6 Å². The van der Waals surface area contributed by atoms with Crippen LogP contribution in [0, 0.1) is 6.92 Å². The summed E-state index contributed by atoms with van der Waals surface area (Å²) in [7, 11) is 0. The molecular weight excluding hydrogens is 378 g/mol. The molecule has 4 N–H and O–H groups in total. The zero-order valence-electron chi connectivity index (χ0n) is 17.3. The van der Waals surface area contributed by atoms with Crippen molar-refractivity contribution in [2.45, 2.75) is 20.3 Å². The molecule has 1 amide bonds. The maximum atomic E-state index is 12.2. The number of nitrogens with zero attached hydrogens (tertiary/aromatic N) is 2. The van der Waals surface area contributed by atoms with Crippen molar-refractivity contribution >= 4 is 23.2 Å². The molecule has 30 heavy (non-hydrogen) atoms. The molecule has 0 unspecified atom stereocenters. The van der Waals surface area contributed by atoms with Gasteiger partial charge in [0.25, 0.3) is 5.91 Å². The molecule has 0 aliphatic carbocycles. The molecule has 3 aromatic rings. The largest absolute Gasteiger partial charge is 0.398 e. The maximum absolute atomic E-state index is 12.2. The van der Waals surface area contributed by atoms with Gasteiger partial charge in [0, 0.05) is 48.5 Å². The Labute approximate surface area is 176 Å². The van der Waals surface area contributed by atoms with Crippen LogP contribution in [0.1, 0.15) is 29.3 Å². The minimum atomic E-state index is -0.103. The number of nitrogen functional groups attached to an aromatic ring is 1. The molecule has 0 aliphatic heterocycles. The number of hydrogen-bond acceptors (Lipinski definition) is 6. The fraction of sp³-hybridized carbons (Fsp3) is 0.261. The number of carbonyl (C=O) groups is 1. The number of benzene rings is 2. The molecule has 3 rings (SSSR count). The number of amides is 1. The van der Waals surface area contributed by atoms with Crippen molar-refractivity contribution in [2.24, 2.45) is 0 Å². The monoisotopic (exact) mass is 405 g/mol. The van der Waals surface area contributed by atoms with Crippen LogP contribution in [0.5, 0.6) is 0 Å². The summed E-state index contributed by atoms with van der Waals surface area (Å²) in [6, 6.07) is 14.8. The molecule has 0 spiro atoms. The van der Waals surface area contributed by atoms with E-state index in [0.717, 1.165) is 34.6 Å². The molecule has 0 radical (unpaired) electrons. The van der Waals surface area contributed by atoms with E-state index < -0.39 is 0 Å². The summed E-state index contributed by atoms with van der Waals surface area (Å²) in [5, 5.41) is 6.07. The van der Waals surface area contributed by atoms with Crippen molar-refractivity contribution < 1.29 is 9.53 Å². The van der Waals surface area contributed by atoms with E-state index in [9.17, 15) is 4.79 Å². The van der Waals surface area contributed by atoms with Gasteiger partial charge in [0.15, 0.2) is 0 Å². The van der Waals surface area contributed by atoms with E-state index in [-0.39, 0.29) is 5.91 Å². The Morgan fingerprint density at radius 2 is 1.93 bits per heavy atom. The summed E-state index contributed by atoms with van der Waals surface area (Å²) in [6.07, 6.45) is 2.50. The third kappa shape index (κ3) is 5.55. The van der Waals surface area contributed by atoms with Gasteiger partial charge in [-0.3, -0.25) is 4.79 Å². The standard InChI is InChI=1S/C23H27N5O2/c1-3-30-15-5-13-25-22(29)17-8-10-18(11-9-17)27-23-26-14-12-21(28-23)19-6-4-7-20(24)16(19)2/h4,6-12,14H,3,5,13,15,24H2,1-2H3,(H,25,29)(H,26,27,28). The first-order chi connectivity index (χ1) is 14.6. The van der Waals surface area contributed by atoms with Crippen LogP contribution >= 0.6 is 0 Å². The van der Waals surface area contributed by atoms with E-state index in [1.807, 2.05) is 50.2 Å². The van der Waals surface area contributed by atoms with Crippen LogP contribution in [-0.2, 0) is 4.74 Å². The lowest BCUT2D eigenvalue weighted by Crippen LogP contribution is -2.25. The highest BCUT2D eigenvalue weighted by Gasteiger charge is 2.08. The van der Waals surface area contributed by atoms with E-state index >= 15 is 0 Å². The normalized spacial score (nSPS) is 10.6. The minimum Gasteiger partial charge on any atom is -0.398 e. The number of hydrogen-bond donors (Lipinski definition) is 3. The van der Waals surface area contributed by atoms with Crippen molar-refractivity contribution in [2.75, 3.05) is 30.8 Å². The van der Waals surface area contributed by atoms with Crippen molar-refractivity contribution in [1.29, 1.82) is 0 Å². The van der Waals surface area contributed by atoms with Crippen LogP contribution in [0.4, 0.5) is 17.3 Å². The lowest BCUT2D eigenvalue weighted by Gasteiger charge is -2.10. The first kappa shape index (κ1) is 21.3. The zero-order chi connectivity index (χ0) is 21.3. The highest BCUT2D eigenvalue weighted by molar-refractivity contribution is 5.94. The van der Waals surface area contributed by atoms with Gasteiger partial charge in [-0.15, -0.1) is 0 Å². The Morgan fingerprint density at radius 1 is 1.13 bits per heavy atom. The van der Waals surface area contributed by atoms with Gasteiger partial charge in [-0.05, 0) is 62.2 Å². The lowest BCUT2D eigenvalue weighted by atomic mass is 10.0. The summed E-state index contributed by atoms with van der Waals surface area (Å²) in [4.78, 5) is 21.1. The predicted octanol–water partition coefficient (Wildman–Crippen LogP) is 3.93. The van der Waals surface area contributed by atoms with Crippen LogP contribution in [0.15, 0.2) is 54.7 Å². The van der Waals surface area contributed by atoms with Crippen LogP contribution in [0.25, 0.3) is 11.3 Å². The molecule has 0 saturated carbocycles. The smallest absolute Gasteiger partial charge is 0.251 e.